The number of nitriles is 1. The molecule has 1 heterocycles. The van der Waals surface area contributed by atoms with Crippen molar-refractivity contribution in [1.29, 1.82) is 5.26 Å². The van der Waals surface area contributed by atoms with Gasteiger partial charge in [0.05, 0.1) is 13.7 Å². The highest BCUT2D eigenvalue weighted by Crippen LogP contribution is 2.33. The predicted octanol–water partition coefficient (Wildman–Crippen LogP) is 2.65. The van der Waals surface area contributed by atoms with Gasteiger partial charge < -0.3 is 19.2 Å². The summed E-state index contributed by atoms with van der Waals surface area (Å²) in [6, 6.07) is 9.08. The van der Waals surface area contributed by atoms with E-state index >= 15 is 0 Å². The Morgan fingerprint density at radius 2 is 1.96 bits per heavy atom. The van der Waals surface area contributed by atoms with Gasteiger partial charge >= 0.3 is 0 Å². The number of aryl methyl sites for hydroxylation is 1. The first-order valence-electron chi connectivity index (χ1n) is 7.55. The van der Waals surface area contributed by atoms with Gasteiger partial charge in [0.2, 0.25) is 0 Å². The molecule has 0 radical (unpaired) electrons. The molecule has 0 fully saturated rings. The summed E-state index contributed by atoms with van der Waals surface area (Å²) in [5.41, 5.74) is 1.67. The molecule has 2 aromatic rings. The molecule has 0 amide bonds. The third-order valence-electron chi connectivity index (χ3n) is 3.50. The van der Waals surface area contributed by atoms with Gasteiger partial charge in [-0.1, -0.05) is 6.07 Å². The van der Waals surface area contributed by atoms with Crippen LogP contribution in [0.3, 0.4) is 0 Å². The van der Waals surface area contributed by atoms with Crippen molar-refractivity contribution in [3.63, 3.8) is 0 Å². The molecule has 0 aliphatic carbocycles. The number of rotatable bonds is 7. The monoisotopic (exact) mass is 328 g/mol. The molecular weight excluding hydrogens is 308 g/mol. The Balaban J connectivity index is 2.42. The second-order valence-electron chi connectivity index (χ2n) is 5.24. The number of nitrogens with one attached hydrogen (secondary N) is 1. The normalized spacial score (nSPS) is 10.2. The van der Waals surface area contributed by atoms with E-state index in [-0.39, 0.29) is 5.56 Å². The second-order valence-corrected chi connectivity index (χ2v) is 5.24. The fraction of sp³-hybridized carbons (Fsp3) is 0.333. The minimum absolute atomic E-state index is 0.0797. The average Bonchev–Trinajstić information content (AvgIpc) is 2.58. The van der Waals surface area contributed by atoms with Crippen LogP contribution in [0.1, 0.15) is 17.7 Å². The van der Waals surface area contributed by atoms with Crippen LogP contribution >= 0.6 is 0 Å². The van der Waals surface area contributed by atoms with E-state index in [9.17, 15) is 10.1 Å². The Kier molecular flexibility index (Phi) is 5.99. The van der Waals surface area contributed by atoms with Crippen molar-refractivity contribution >= 4 is 0 Å². The molecule has 0 aliphatic heterocycles. The first kappa shape index (κ1) is 17.6. The van der Waals surface area contributed by atoms with Gasteiger partial charge in [-0.15, -0.1) is 0 Å². The molecule has 1 N–H and O–H groups in total. The van der Waals surface area contributed by atoms with Gasteiger partial charge in [0, 0.05) is 31.4 Å². The molecule has 1 aromatic carbocycles. The van der Waals surface area contributed by atoms with Gasteiger partial charge in [-0.3, -0.25) is 4.79 Å². The third kappa shape index (κ3) is 3.94. The molecule has 0 saturated carbocycles. The van der Waals surface area contributed by atoms with Crippen molar-refractivity contribution in [2.24, 2.45) is 0 Å². The van der Waals surface area contributed by atoms with E-state index in [0.29, 0.717) is 36.0 Å². The predicted molar refractivity (Wildman–Crippen MR) is 90.5 cm³/mol. The second kappa shape index (κ2) is 8.18. The van der Waals surface area contributed by atoms with Crippen LogP contribution in [0.5, 0.6) is 11.5 Å². The fourth-order valence-corrected chi connectivity index (χ4v) is 2.37. The van der Waals surface area contributed by atoms with E-state index in [0.717, 1.165) is 12.0 Å². The number of benzene rings is 1. The largest absolute Gasteiger partial charge is 0.493 e. The van der Waals surface area contributed by atoms with Crippen LogP contribution in [-0.2, 0) is 4.74 Å². The maximum Gasteiger partial charge on any atom is 0.266 e. The third-order valence-corrected chi connectivity index (χ3v) is 3.50. The zero-order valence-electron chi connectivity index (χ0n) is 14.0. The topological polar surface area (TPSA) is 84.3 Å². The molecular formula is C18H20N2O4. The summed E-state index contributed by atoms with van der Waals surface area (Å²) in [7, 11) is 3.20. The first-order chi connectivity index (χ1) is 11.6. The summed E-state index contributed by atoms with van der Waals surface area (Å²) >= 11 is 0. The highest BCUT2D eigenvalue weighted by atomic mass is 16.5. The van der Waals surface area contributed by atoms with Gasteiger partial charge in [-0.2, -0.15) is 5.26 Å². The summed E-state index contributed by atoms with van der Waals surface area (Å²) in [5, 5.41) is 9.28. The van der Waals surface area contributed by atoms with E-state index < -0.39 is 5.56 Å². The van der Waals surface area contributed by atoms with Crippen LogP contribution in [0.25, 0.3) is 11.1 Å². The van der Waals surface area contributed by atoms with Crippen molar-refractivity contribution in [2.45, 2.75) is 13.3 Å². The maximum atomic E-state index is 12.0. The van der Waals surface area contributed by atoms with E-state index in [1.54, 1.807) is 45.4 Å². The molecule has 0 unspecified atom stereocenters. The lowest BCUT2D eigenvalue weighted by Crippen LogP contribution is -2.12. The summed E-state index contributed by atoms with van der Waals surface area (Å²) < 4.78 is 16.1. The summed E-state index contributed by atoms with van der Waals surface area (Å²) in [6.07, 6.45) is 0.747. The number of pyridine rings is 1. The van der Waals surface area contributed by atoms with Gasteiger partial charge in [0.25, 0.3) is 5.56 Å². The highest BCUT2D eigenvalue weighted by molar-refractivity contribution is 5.72. The van der Waals surface area contributed by atoms with Crippen molar-refractivity contribution in [1.82, 2.24) is 4.98 Å². The van der Waals surface area contributed by atoms with Crippen LogP contribution in [0.2, 0.25) is 0 Å². The lowest BCUT2D eigenvalue weighted by molar-refractivity contribution is 0.170. The average molecular weight is 328 g/mol. The van der Waals surface area contributed by atoms with E-state index in [2.05, 4.69) is 4.98 Å². The molecule has 2 rings (SSSR count). The maximum absolute atomic E-state index is 12.0. The standard InChI is InChI=1S/C18H20N2O4/c1-12-9-14(15(11-19)18(21)20-12)13-5-6-16(23-3)17(10-13)24-8-4-7-22-2/h5-6,9-10H,4,7-8H2,1-3H3,(H,20,21). The minimum atomic E-state index is -0.397. The number of hydrogen-bond donors (Lipinski definition) is 1. The lowest BCUT2D eigenvalue weighted by Gasteiger charge is -2.13. The van der Waals surface area contributed by atoms with Gasteiger partial charge in [0.15, 0.2) is 11.5 Å². The van der Waals surface area contributed by atoms with Crippen LogP contribution in [0.4, 0.5) is 0 Å². The SMILES string of the molecule is COCCCOc1cc(-c2cc(C)[nH]c(=O)c2C#N)ccc1OC. The zero-order valence-corrected chi connectivity index (χ0v) is 14.0. The molecule has 24 heavy (non-hydrogen) atoms. The number of ether oxygens (including phenoxy) is 3. The summed E-state index contributed by atoms with van der Waals surface area (Å²) in [6.45, 7) is 2.86. The van der Waals surface area contributed by atoms with Gasteiger partial charge in [-0.25, -0.2) is 0 Å². The smallest absolute Gasteiger partial charge is 0.266 e. The number of hydrogen-bond acceptors (Lipinski definition) is 5. The lowest BCUT2D eigenvalue weighted by atomic mass is 10.0. The number of nitrogens with zero attached hydrogens (tertiary/aromatic N) is 1. The molecule has 1 aromatic heterocycles. The zero-order chi connectivity index (χ0) is 17.5. The first-order valence-corrected chi connectivity index (χ1v) is 7.55. The Labute approximate surface area is 140 Å². The Hall–Kier alpha value is -2.78. The number of methoxy groups -OCH3 is 2. The molecule has 126 valence electrons. The van der Waals surface area contributed by atoms with E-state index in [1.807, 2.05) is 6.07 Å². The Morgan fingerprint density at radius 3 is 2.62 bits per heavy atom. The number of aromatic amines is 1. The minimum Gasteiger partial charge on any atom is -0.493 e. The highest BCUT2D eigenvalue weighted by Gasteiger charge is 2.13. The van der Waals surface area contributed by atoms with Gasteiger partial charge in [-0.05, 0) is 30.7 Å². The van der Waals surface area contributed by atoms with Crippen LogP contribution in [0, 0.1) is 18.3 Å². The van der Waals surface area contributed by atoms with Crippen LogP contribution < -0.4 is 15.0 Å². The molecule has 6 heteroatoms. The van der Waals surface area contributed by atoms with Crippen molar-refractivity contribution < 1.29 is 14.2 Å². The van der Waals surface area contributed by atoms with Crippen LogP contribution in [-0.4, -0.2) is 32.4 Å². The van der Waals surface area contributed by atoms with E-state index in [1.165, 1.54) is 0 Å². The fourth-order valence-electron chi connectivity index (χ4n) is 2.37. The van der Waals surface area contributed by atoms with E-state index in [4.69, 9.17) is 14.2 Å². The van der Waals surface area contributed by atoms with Crippen molar-refractivity contribution in [3.05, 3.63) is 45.9 Å². The Morgan fingerprint density at radius 1 is 1.17 bits per heavy atom. The van der Waals surface area contributed by atoms with Crippen molar-refractivity contribution in [3.8, 4) is 28.7 Å². The molecule has 0 spiro atoms. The Bertz CT molecular complexity index is 806. The molecule has 0 saturated heterocycles. The summed E-state index contributed by atoms with van der Waals surface area (Å²) in [5.74, 6) is 1.16. The summed E-state index contributed by atoms with van der Waals surface area (Å²) in [4.78, 5) is 14.6. The quantitative estimate of drug-likeness (QED) is 0.790. The molecule has 0 aliphatic rings. The number of aromatic nitrogens is 1. The number of H-pyrrole nitrogens is 1. The van der Waals surface area contributed by atoms with Crippen molar-refractivity contribution in [2.75, 3.05) is 27.4 Å². The van der Waals surface area contributed by atoms with Gasteiger partial charge in [0.1, 0.15) is 11.6 Å². The molecule has 6 nitrogen and oxygen atoms in total. The molecule has 0 bridgehead atoms. The molecule has 0 atom stereocenters. The van der Waals surface area contributed by atoms with Crippen LogP contribution in [0.15, 0.2) is 29.1 Å².